The summed E-state index contributed by atoms with van der Waals surface area (Å²) in [6.45, 7) is 0.398. The van der Waals surface area contributed by atoms with Gasteiger partial charge in [0.1, 0.15) is 0 Å². The second-order valence-electron chi connectivity index (χ2n) is 3.75. The molecule has 0 atom stereocenters. The van der Waals surface area contributed by atoms with Crippen molar-refractivity contribution in [3.05, 3.63) is 69.1 Å². The van der Waals surface area contributed by atoms with Crippen LogP contribution in [0.25, 0.3) is 0 Å². The van der Waals surface area contributed by atoms with Gasteiger partial charge in [0.15, 0.2) is 0 Å². The third-order valence-corrected chi connectivity index (χ3v) is 2.89. The lowest BCUT2D eigenvalue weighted by Gasteiger charge is -2.08. The molecule has 0 saturated heterocycles. The molecule has 0 aliphatic rings. The molecule has 0 fully saturated rings. The molecule has 0 unspecified atom stereocenters. The third-order valence-electron chi connectivity index (χ3n) is 2.54. The highest BCUT2D eigenvalue weighted by atomic mass is 35.5. The number of aliphatic hydroxyl groups excluding tert-OH is 1. The van der Waals surface area contributed by atoms with Gasteiger partial charge in [0.05, 0.1) is 13.2 Å². The molecule has 1 aromatic carbocycles. The molecule has 1 aromatic heterocycles. The average Bonchev–Trinajstić information content (AvgIpc) is 2.34. The van der Waals surface area contributed by atoms with Crippen LogP contribution in [0, 0.1) is 0 Å². The molecule has 2 rings (SSSR count). The van der Waals surface area contributed by atoms with Gasteiger partial charge in [0.25, 0.3) is 5.56 Å². The van der Waals surface area contributed by atoms with Crippen LogP contribution in [-0.2, 0) is 13.2 Å². The van der Waals surface area contributed by atoms with E-state index in [0.717, 1.165) is 11.1 Å². The Morgan fingerprint density at radius 2 is 2.06 bits per heavy atom. The summed E-state index contributed by atoms with van der Waals surface area (Å²) in [6.07, 6.45) is 1.72. The molecule has 0 radical (unpaired) electrons. The van der Waals surface area contributed by atoms with Crippen LogP contribution in [0.4, 0.5) is 0 Å². The van der Waals surface area contributed by atoms with Gasteiger partial charge in [-0.2, -0.15) is 0 Å². The maximum absolute atomic E-state index is 11.5. The normalized spacial score (nSPS) is 10.5. The maximum Gasteiger partial charge on any atom is 0.250 e. The molecule has 4 heteroatoms. The quantitative estimate of drug-likeness (QED) is 0.905. The van der Waals surface area contributed by atoms with Crippen LogP contribution in [0.5, 0.6) is 0 Å². The summed E-state index contributed by atoms with van der Waals surface area (Å²) in [6, 6.07) is 10.4. The van der Waals surface area contributed by atoms with Gasteiger partial charge in [-0.05, 0) is 23.3 Å². The summed E-state index contributed by atoms with van der Waals surface area (Å²) in [4.78, 5) is 11.5. The summed E-state index contributed by atoms with van der Waals surface area (Å²) in [7, 11) is 0. The smallest absolute Gasteiger partial charge is 0.250 e. The molecular formula is C13H12ClNO2. The van der Waals surface area contributed by atoms with Gasteiger partial charge >= 0.3 is 0 Å². The first-order valence-electron chi connectivity index (χ1n) is 5.24. The fraction of sp³-hybridized carbons (Fsp3) is 0.154. The lowest BCUT2D eigenvalue weighted by molar-refractivity contribution is 0.282. The summed E-state index contributed by atoms with van der Waals surface area (Å²) >= 11 is 6.08. The minimum Gasteiger partial charge on any atom is -0.392 e. The average molecular weight is 250 g/mol. The summed E-state index contributed by atoms with van der Waals surface area (Å²) in [5.41, 5.74) is 1.56. The minimum absolute atomic E-state index is 0.0364. The number of aromatic nitrogens is 1. The molecule has 2 aromatic rings. The molecular weight excluding hydrogens is 238 g/mol. The van der Waals surface area contributed by atoms with E-state index in [4.69, 9.17) is 16.7 Å². The highest BCUT2D eigenvalue weighted by Crippen LogP contribution is 2.18. The van der Waals surface area contributed by atoms with E-state index >= 15 is 0 Å². The van der Waals surface area contributed by atoms with E-state index in [1.807, 2.05) is 6.07 Å². The Bertz CT molecular complexity index is 578. The fourth-order valence-electron chi connectivity index (χ4n) is 1.59. The van der Waals surface area contributed by atoms with Crippen molar-refractivity contribution >= 4 is 11.6 Å². The SMILES string of the molecule is O=c1ccccn1Cc1ccc(CO)cc1Cl. The number of pyridine rings is 1. The zero-order valence-corrected chi connectivity index (χ0v) is 9.89. The second kappa shape index (κ2) is 5.17. The van der Waals surface area contributed by atoms with Crippen LogP contribution < -0.4 is 5.56 Å². The van der Waals surface area contributed by atoms with Crippen molar-refractivity contribution in [3.8, 4) is 0 Å². The monoisotopic (exact) mass is 249 g/mol. The van der Waals surface area contributed by atoms with E-state index in [1.165, 1.54) is 6.07 Å². The Kier molecular flexibility index (Phi) is 3.61. The van der Waals surface area contributed by atoms with Crippen molar-refractivity contribution < 1.29 is 5.11 Å². The Morgan fingerprint density at radius 1 is 1.24 bits per heavy atom. The molecule has 0 bridgehead atoms. The topological polar surface area (TPSA) is 42.2 Å². The minimum atomic E-state index is -0.0604. The van der Waals surface area contributed by atoms with Crippen molar-refractivity contribution in [3.63, 3.8) is 0 Å². The van der Waals surface area contributed by atoms with Crippen molar-refractivity contribution in [2.75, 3.05) is 0 Å². The highest BCUT2D eigenvalue weighted by Gasteiger charge is 2.03. The Hall–Kier alpha value is -1.58. The van der Waals surface area contributed by atoms with Gasteiger partial charge in [0, 0.05) is 17.3 Å². The van der Waals surface area contributed by atoms with E-state index in [9.17, 15) is 4.79 Å². The lowest BCUT2D eigenvalue weighted by atomic mass is 10.1. The molecule has 3 nitrogen and oxygen atoms in total. The van der Waals surface area contributed by atoms with Crippen molar-refractivity contribution in [2.24, 2.45) is 0 Å². The van der Waals surface area contributed by atoms with Crippen LogP contribution in [-0.4, -0.2) is 9.67 Å². The number of benzene rings is 1. The first-order valence-corrected chi connectivity index (χ1v) is 5.62. The number of hydrogen-bond donors (Lipinski definition) is 1. The molecule has 0 aliphatic carbocycles. The van der Waals surface area contributed by atoms with Crippen LogP contribution >= 0.6 is 11.6 Å². The third kappa shape index (κ3) is 2.75. The van der Waals surface area contributed by atoms with Gasteiger partial charge in [-0.1, -0.05) is 29.8 Å². The van der Waals surface area contributed by atoms with Gasteiger partial charge in [-0.25, -0.2) is 0 Å². The number of aliphatic hydroxyl groups is 1. The summed E-state index contributed by atoms with van der Waals surface area (Å²) in [5, 5.41) is 9.54. The molecule has 88 valence electrons. The van der Waals surface area contributed by atoms with E-state index < -0.39 is 0 Å². The molecule has 17 heavy (non-hydrogen) atoms. The van der Waals surface area contributed by atoms with Crippen molar-refractivity contribution in [1.29, 1.82) is 0 Å². The Labute approximate surface area is 104 Å². The van der Waals surface area contributed by atoms with Gasteiger partial charge in [-0.3, -0.25) is 4.79 Å². The van der Waals surface area contributed by atoms with Crippen molar-refractivity contribution in [2.45, 2.75) is 13.2 Å². The number of hydrogen-bond acceptors (Lipinski definition) is 2. The van der Waals surface area contributed by atoms with Crippen LogP contribution in [0.2, 0.25) is 5.02 Å². The summed E-state index contributed by atoms with van der Waals surface area (Å²) in [5.74, 6) is 0. The van der Waals surface area contributed by atoms with Gasteiger partial charge < -0.3 is 9.67 Å². The highest BCUT2D eigenvalue weighted by molar-refractivity contribution is 6.31. The van der Waals surface area contributed by atoms with Crippen LogP contribution in [0.3, 0.4) is 0 Å². The predicted octanol–water partition coefficient (Wildman–Crippen LogP) is 2.04. The molecule has 0 spiro atoms. The zero-order chi connectivity index (χ0) is 12.3. The molecule has 1 N–H and O–H groups in total. The number of halogens is 1. The summed E-state index contributed by atoms with van der Waals surface area (Å²) < 4.78 is 1.58. The van der Waals surface area contributed by atoms with E-state index in [0.29, 0.717) is 11.6 Å². The largest absolute Gasteiger partial charge is 0.392 e. The Morgan fingerprint density at radius 3 is 2.71 bits per heavy atom. The molecule has 1 heterocycles. The fourth-order valence-corrected chi connectivity index (χ4v) is 1.86. The molecule has 0 aliphatic heterocycles. The van der Waals surface area contributed by atoms with Crippen LogP contribution in [0.1, 0.15) is 11.1 Å². The number of nitrogens with zero attached hydrogens (tertiary/aromatic N) is 1. The van der Waals surface area contributed by atoms with E-state index in [1.54, 1.807) is 35.0 Å². The van der Waals surface area contributed by atoms with Crippen molar-refractivity contribution in [1.82, 2.24) is 4.57 Å². The maximum atomic E-state index is 11.5. The predicted molar refractivity (Wildman–Crippen MR) is 67.2 cm³/mol. The van der Waals surface area contributed by atoms with Crippen LogP contribution in [0.15, 0.2) is 47.4 Å². The lowest BCUT2D eigenvalue weighted by Crippen LogP contribution is -2.18. The van der Waals surface area contributed by atoms with Gasteiger partial charge in [-0.15, -0.1) is 0 Å². The Balaban J connectivity index is 2.31. The van der Waals surface area contributed by atoms with E-state index in [2.05, 4.69) is 0 Å². The first kappa shape index (κ1) is 11.9. The number of rotatable bonds is 3. The van der Waals surface area contributed by atoms with Gasteiger partial charge in [0.2, 0.25) is 0 Å². The zero-order valence-electron chi connectivity index (χ0n) is 9.14. The standard InChI is InChI=1S/C13H12ClNO2/c14-12-7-10(9-16)4-5-11(12)8-15-6-2-1-3-13(15)17/h1-7,16H,8-9H2. The van der Waals surface area contributed by atoms with E-state index in [-0.39, 0.29) is 12.2 Å². The first-order chi connectivity index (χ1) is 8.20. The second-order valence-corrected chi connectivity index (χ2v) is 4.16. The molecule has 0 amide bonds. The molecule has 0 saturated carbocycles.